The van der Waals surface area contributed by atoms with Gasteiger partial charge >= 0.3 is 5.97 Å². The summed E-state index contributed by atoms with van der Waals surface area (Å²) in [6.07, 6.45) is 0.623. The molecule has 1 aliphatic heterocycles. The van der Waals surface area contributed by atoms with Crippen molar-refractivity contribution in [1.82, 2.24) is 4.90 Å². The van der Waals surface area contributed by atoms with Crippen molar-refractivity contribution in [2.75, 3.05) is 0 Å². The third-order valence-corrected chi connectivity index (χ3v) is 4.75. The maximum Gasteiger partial charge on any atom is 0.326 e. The van der Waals surface area contributed by atoms with Gasteiger partial charge in [0.1, 0.15) is 11.8 Å². The number of hydrogen-bond donors (Lipinski definition) is 2. The second-order valence-corrected chi connectivity index (χ2v) is 8.95. The molecule has 1 amide bonds. The third-order valence-electron chi connectivity index (χ3n) is 4.75. The summed E-state index contributed by atoms with van der Waals surface area (Å²) < 4.78 is 0. The van der Waals surface area contributed by atoms with Gasteiger partial charge in [0, 0.05) is 13.0 Å². The number of aliphatic carboxylic acids is 1. The van der Waals surface area contributed by atoms with Crippen LogP contribution in [0.25, 0.3) is 0 Å². The molecule has 2 N–H and O–H groups in total. The van der Waals surface area contributed by atoms with Crippen LogP contribution in [0.15, 0.2) is 12.1 Å². The van der Waals surface area contributed by atoms with Crippen LogP contribution in [-0.4, -0.2) is 33.0 Å². The first kappa shape index (κ1) is 19.3. The van der Waals surface area contributed by atoms with Crippen LogP contribution in [0.3, 0.4) is 0 Å². The zero-order valence-electron chi connectivity index (χ0n) is 16.0. The largest absolute Gasteiger partial charge is 0.507 e. The fourth-order valence-corrected chi connectivity index (χ4v) is 3.31. The Morgan fingerprint density at radius 3 is 2.00 bits per heavy atom. The predicted octanol–water partition coefficient (Wildman–Crippen LogP) is 3.56. The first-order valence-corrected chi connectivity index (χ1v) is 8.71. The van der Waals surface area contributed by atoms with E-state index in [1.807, 2.05) is 53.7 Å². The zero-order valence-corrected chi connectivity index (χ0v) is 16.0. The van der Waals surface area contributed by atoms with Gasteiger partial charge in [0.15, 0.2) is 0 Å². The van der Waals surface area contributed by atoms with Crippen LogP contribution in [0.2, 0.25) is 0 Å². The van der Waals surface area contributed by atoms with Crippen molar-refractivity contribution in [2.45, 2.75) is 77.8 Å². The van der Waals surface area contributed by atoms with Crippen LogP contribution in [0.1, 0.15) is 71.1 Å². The molecule has 2 rings (SSSR count). The number of hydrogen-bond acceptors (Lipinski definition) is 3. The lowest BCUT2D eigenvalue weighted by molar-refractivity contribution is -0.146. The van der Waals surface area contributed by atoms with Gasteiger partial charge in [0.2, 0.25) is 5.91 Å². The molecule has 1 aromatic rings. The van der Waals surface area contributed by atoms with Gasteiger partial charge in [-0.25, -0.2) is 4.79 Å². The molecule has 0 spiro atoms. The topological polar surface area (TPSA) is 77.8 Å². The van der Waals surface area contributed by atoms with E-state index in [2.05, 4.69) is 0 Å². The fraction of sp³-hybridized carbons (Fsp3) is 0.600. The monoisotopic (exact) mass is 347 g/mol. The van der Waals surface area contributed by atoms with E-state index >= 15 is 0 Å². The van der Waals surface area contributed by atoms with Gasteiger partial charge in [-0.3, -0.25) is 4.79 Å². The van der Waals surface area contributed by atoms with Crippen molar-refractivity contribution in [2.24, 2.45) is 0 Å². The van der Waals surface area contributed by atoms with E-state index in [-0.39, 0.29) is 35.5 Å². The summed E-state index contributed by atoms with van der Waals surface area (Å²) in [7, 11) is 0. The molecule has 0 saturated carbocycles. The summed E-state index contributed by atoms with van der Waals surface area (Å²) in [5.74, 6) is -0.807. The molecule has 5 heteroatoms. The van der Waals surface area contributed by atoms with E-state index < -0.39 is 12.0 Å². The Balaban J connectivity index is 2.51. The Bertz CT molecular complexity index is 660. The molecule has 1 heterocycles. The highest BCUT2D eigenvalue weighted by atomic mass is 16.4. The highest BCUT2D eigenvalue weighted by Crippen LogP contribution is 2.40. The third kappa shape index (κ3) is 3.97. The first-order chi connectivity index (χ1) is 11.3. The lowest BCUT2D eigenvalue weighted by Crippen LogP contribution is -2.38. The second kappa shape index (κ2) is 6.36. The van der Waals surface area contributed by atoms with Gasteiger partial charge in [-0.15, -0.1) is 0 Å². The number of phenolic OH excluding ortho intramolecular Hbond substituents is 1. The highest BCUT2D eigenvalue weighted by Gasteiger charge is 2.36. The number of carboxylic acids is 1. The number of phenols is 1. The molecular formula is C20H29NO4. The summed E-state index contributed by atoms with van der Waals surface area (Å²) in [6.45, 7) is 12.4. The van der Waals surface area contributed by atoms with Gasteiger partial charge in [-0.05, 0) is 46.1 Å². The van der Waals surface area contributed by atoms with Crippen molar-refractivity contribution in [3.8, 4) is 5.75 Å². The van der Waals surface area contributed by atoms with Crippen molar-refractivity contribution < 1.29 is 19.8 Å². The molecule has 25 heavy (non-hydrogen) atoms. The predicted molar refractivity (Wildman–Crippen MR) is 96.7 cm³/mol. The minimum Gasteiger partial charge on any atom is -0.507 e. The molecule has 1 atom stereocenters. The van der Waals surface area contributed by atoms with Gasteiger partial charge in [0.25, 0.3) is 0 Å². The quantitative estimate of drug-likeness (QED) is 0.876. The minimum atomic E-state index is -0.961. The van der Waals surface area contributed by atoms with Crippen LogP contribution in [0, 0.1) is 0 Å². The lowest BCUT2D eigenvalue weighted by Gasteiger charge is -2.29. The molecule has 1 fully saturated rings. The molecule has 0 bridgehead atoms. The Morgan fingerprint density at radius 2 is 1.60 bits per heavy atom. The Kier molecular flexibility index (Phi) is 4.90. The molecule has 1 aromatic carbocycles. The number of aromatic hydroxyl groups is 1. The van der Waals surface area contributed by atoms with Crippen LogP contribution >= 0.6 is 0 Å². The zero-order chi connectivity index (χ0) is 19.2. The molecule has 0 radical (unpaired) electrons. The Hall–Kier alpha value is -2.04. The van der Waals surface area contributed by atoms with Crippen molar-refractivity contribution in [3.05, 3.63) is 28.8 Å². The molecule has 138 valence electrons. The summed E-state index contributed by atoms with van der Waals surface area (Å²) in [6, 6.07) is 3.03. The maximum atomic E-state index is 12.1. The van der Waals surface area contributed by atoms with Crippen LogP contribution in [-0.2, 0) is 27.0 Å². The number of amides is 1. The van der Waals surface area contributed by atoms with Crippen LogP contribution in [0.4, 0.5) is 0 Å². The molecule has 0 aliphatic carbocycles. The summed E-state index contributed by atoms with van der Waals surface area (Å²) >= 11 is 0. The second-order valence-electron chi connectivity index (χ2n) is 8.95. The number of carbonyl (C=O) groups is 2. The van der Waals surface area contributed by atoms with E-state index in [9.17, 15) is 19.8 Å². The number of likely N-dealkylation sites (tertiary alicyclic amines) is 1. The van der Waals surface area contributed by atoms with Crippen molar-refractivity contribution in [1.29, 1.82) is 0 Å². The normalized spacial score (nSPS) is 18.7. The molecule has 1 aliphatic rings. The molecule has 0 aromatic heterocycles. The number of nitrogens with zero attached hydrogens (tertiary/aromatic N) is 1. The van der Waals surface area contributed by atoms with Gasteiger partial charge in [0.05, 0.1) is 0 Å². The Morgan fingerprint density at radius 1 is 1.12 bits per heavy atom. The molecular weight excluding hydrogens is 318 g/mol. The van der Waals surface area contributed by atoms with Crippen LogP contribution in [0.5, 0.6) is 5.75 Å². The van der Waals surface area contributed by atoms with Crippen molar-refractivity contribution in [3.63, 3.8) is 0 Å². The summed E-state index contributed by atoms with van der Waals surface area (Å²) in [5, 5.41) is 20.1. The maximum absolute atomic E-state index is 12.1. The molecule has 1 unspecified atom stereocenters. The van der Waals surface area contributed by atoms with Gasteiger partial charge < -0.3 is 15.1 Å². The first-order valence-electron chi connectivity index (χ1n) is 8.71. The van der Waals surface area contributed by atoms with E-state index in [1.54, 1.807) is 0 Å². The van der Waals surface area contributed by atoms with Crippen molar-refractivity contribution >= 4 is 11.9 Å². The SMILES string of the molecule is CC(C)(C)c1cc(CN2C(=O)CCC2C(=O)O)cc(C(C)(C)C)c1O. The average molecular weight is 347 g/mol. The number of rotatable bonds is 3. The summed E-state index contributed by atoms with van der Waals surface area (Å²) in [4.78, 5) is 25.0. The van der Waals surface area contributed by atoms with Gasteiger partial charge in [-0.1, -0.05) is 41.5 Å². The van der Waals surface area contributed by atoms with E-state index in [1.165, 1.54) is 4.90 Å². The fourth-order valence-electron chi connectivity index (χ4n) is 3.31. The van der Waals surface area contributed by atoms with Crippen LogP contribution < -0.4 is 0 Å². The number of carboxylic acid groups (broad SMARTS) is 1. The molecule has 5 nitrogen and oxygen atoms in total. The average Bonchev–Trinajstić information content (AvgIpc) is 2.79. The summed E-state index contributed by atoms with van der Waals surface area (Å²) in [5.41, 5.74) is 1.96. The standard InChI is InChI=1S/C20H29NO4/c1-19(2,3)13-9-12(10-14(17(13)23)20(4,5)6)11-21-15(18(24)25)7-8-16(21)22/h9-10,15,23H,7-8,11H2,1-6H3,(H,24,25). The van der Waals surface area contributed by atoms with E-state index in [0.29, 0.717) is 6.42 Å². The lowest BCUT2D eigenvalue weighted by atomic mass is 9.78. The minimum absolute atomic E-state index is 0.130. The smallest absolute Gasteiger partial charge is 0.326 e. The van der Waals surface area contributed by atoms with E-state index in [0.717, 1.165) is 16.7 Å². The van der Waals surface area contributed by atoms with E-state index in [4.69, 9.17) is 0 Å². The number of carbonyl (C=O) groups excluding carboxylic acids is 1. The highest BCUT2D eigenvalue weighted by molar-refractivity contribution is 5.87. The number of benzene rings is 1. The molecule has 1 saturated heterocycles. The van der Waals surface area contributed by atoms with Gasteiger partial charge in [-0.2, -0.15) is 0 Å². The Labute approximate surface area is 149 Å².